The van der Waals surface area contributed by atoms with Gasteiger partial charge in [0.2, 0.25) is 0 Å². The lowest BCUT2D eigenvalue weighted by Gasteiger charge is -2.18. The maximum atomic E-state index is 12.6. The molecule has 0 saturated heterocycles. The van der Waals surface area contributed by atoms with E-state index in [0.717, 1.165) is 36.2 Å². The molecule has 1 aromatic heterocycles. The van der Waals surface area contributed by atoms with E-state index in [1.165, 1.54) is 16.7 Å². The molecule has 3 nitrogen and oxygen atoms in total. The van der Waals surface area contributed by atoms with Gasteiger partial charge in [-0.1, -0.05) is 43.2 Å². The molecule has 1 N–H and O–H groups in total. The minimum Gasteiger partial charge on any atom is -0.373 e. The highest BCUT2D eigenvalue weighted by molar-refractivity contribution is 5.53. The molecule has 1 heterocycles. The standard InChI is InChI=1S/C21H30N2O/c1-14(2)7-8-19-13-18(20(23(5)6)21(24)22-19)12-17-10-15(3)9-16(4)11-17/h9-11,13-14H,7-8,12H2,1-6H3,(H,22,24). The first-order chi connectivity index (χ1) is 11.3. The number of aromatic amines is 1. The summed E-state index contributed by atoms with van der Waals surface area (Å²) >= 11 is 0. The van der Waals surface area contributed by atoms with Gasteiger partial charge in [0.25, 0.3) is 5.56 Å². The van der Waals surface area contributed by atoms with E-state index in [4.69, 9.17) is 0 Å². The molecule has 0 radical (unpaired) electrons. The van der Waals surface area contributed by atoms with E-state index in [0.29, 0.717) is 5.92 Å². The quantitative estimate of drug-likeness (QED) is 0.862. The van der Waals surface area contributed by atoms with Crippen molar-refractivity contribution in [2.24, 2.45) is 5.92 Å². The Balaban J connectivity index is 2.42. The van der Waals surface area contributed by atoms with Gasteiger partial charge in [0, 0.05) is 19.8 Å². The van der Waals surface area contributed by atoms with Gasteiger partial charge in [-0.3, -0.25) is 4.79 Å². The Labute approximate surface area is 145 Å². The fourth-order valence-electron chi connectivity index (χ4n) is 3.26. The van der Waals surface area contributed by atoms with E-state index in [1.807, 2.05) is 19.0 Å². The van der Waals surface area contributed by atoms with Gasteiger partial charge in [-0.2, -0.15) is 0 Å². The highest BCUT2D eigenvalue weighted by Gasteiger charge is 2.13. The molecule has 1 aromatic carbocycles. The third-order valence-electron chi connectivity index (χ3n) is 4.26. The Bertz CT molecular complexity index is 737. The monoisotopic (exact) mass is 326 g/mol. The van der Waals surface area contributed by atoms with Crippen molar-refractivity contribution < 1.29 is 0 Å². The number of rotatable bonds is 6. The molecule has 130 valence electrons. The molecule has 3 heteroatoms. The van der Waals surface area contributed by atoms with Crippen LogP contribution >= 0.6 is 0 Å². The zero-order valence-corrected chi connectivity index (χ0v) is 15.9. The van der Waals surface area contributed by atoms with Crippen LogP contribution < -0.4 is 10.5 Å². The van der Waals surface area contributed by atoms with Gasteiger partial charge in [0.1, 0.15) is 5.69 Å². The molecule has 0 amide bonds. The average molecular weight is 326 g/mol. The van der Waals surface area contributed by atoms with Crippen molar-refractivity contribution in [3.8, 4) is 0 Å². The summed E-state index contributed by atoms with van der Waals surface area (Å²) in [5.74, 6) is 0.630. The van der Waals surface area contributed by atoms with E-state index >= 15 is 0 Å². The molecule has 0 aliphatic heterocycles. The Hall–Kier alpha value is -2.03. The number of hydrogen-bond donors (Lipinski definition) is 1. The van der Waals surface area contributed by atoms with E-state index in [2.05, 4.69) is 56.9 Å². The highest BCUT2D eigenvalue weighted by atomic mass is 16.1. The van der Waals surface area contributed by atoms with Crippen molar-refractivity contribution in [3.05, 3.63) is 62.6 Å². The van der Waals surface area contributed by atoms with Gasteiger partial charge < -0.3 is 9.88 Å². The number of H-pyrrole nitrogens is 1. The molecule has 0 unspecified atom stereocenters. The van der Waals surface area contributed by atoms with Gasteiger partial charge in [0.15, 0.2) is 0 Å². The van der Waals surface area contributed by atoms with Gasteiger partial charge >= 0.3 is 0 Å². The van der Waals surface area contributed by atoms with Crippen molar-refractivity contribution in [2.75, 3.05) is 19.0 Å². The molecule has 0 bridgehead atoms. The van der Waals surface area contributed by atoms with Gasteiger partial charge in [0.05, 0.1) is 0 Å². The van der Waals surface area contributed by atoms with Crippen LogP contribution in [0, 0.1) is 19.8 Å². The number of benzene rings is 1. The molecular weight excluding hydrogens is 296 g/mol. The first kappa shape index (κ1) is 18.3. The number of nitrogens with one attached hydrogen (secondary N) is 1. The zero-order valence-electron chi connectivity index (χ0n) is 15.9. The normalized spacial score (nSPS) is 11.1. The van der Waals surface area contributed by atoms with Crippen molar-refractivity contribution >= 4 is 5.69 Å². The van der Waals surface area contributed by atoms with Crippen LogP contribution in [0.1, 0.15) is 48.2 Å². The van der Waals surface area contributed by atoms with Crippen LogP contribution in [-0.2, 0) is 12.8 Å². The average Bonchev–Trinajstić information content (AvgIpc) is 2.43. The molecular formula is C21H30N2O. The van der Waals surface area contributed by atoms with Gasteiger partial charge in [-0.15, -0.1) is 0 Å². The third kappa shape index (κ3) is 4.73. The molecule has 24 heavy (non-hydrogen) atoms. The Morgan fingerprint density at radius 1 is 1.04 bits per heavy atom. The van der Waals surface area contributed by atoms with Crippen LogP contribution in [0.4, 0.5) is 5.69 Å². The Morgan fingerprint density at radius 3 is 2.21 bits per heavy atom. The van der Waals surface area contributed by atoms with Crippen LogP contribution in [0.5, 0.6) is 0 Å². The minimum absolute atomic E-state index is 0.0145. The maximum absolute atomic E-state index is 12.6. The highest BCUT2D eigenvalue weighted by Crippen LogP contribution is 2.21. The van der Waals surface area contributed by atoms with Crippen molar-refractivity contribution in [3.63, 3.8) is 0 Å². The predicted molar refractivity (Wildman–Crippen MR) is 103 cm³/mol. The molecule has 0 aliphatic rings. The molecule has 0 aliphatic carbocycles. The summed E-state index contributed by atoms with van der Waals surface area (Å²) in [6.45, 7) is 8.66. The van der Waals surface area contributed by atoms with Crippen LogP contribution in [0.2, 0.25) is 0 Å². The Kier molecular flexibility index (Phi) is 5.87. The SMILES string of the molecule is Cc1cc(C)cc(Cc2cc(CCC(C)C)[nH]c(=O)c2N(C)C)c1. The molecule has 2 aromatic rings. The Morgan fingerprint density at radius 2 is 1.67 bits per heavy atom. The largest absolute Gasteiger partial charge is 0.373 e. The van der Waals surface area contributed by atoms with Crippen molar-refractivity contribution in [2.45, 2.75) is 47.0 Å². The van der Waals surface area contributed by atoms with Gasteiger partial charge in [-0.05, 0) is 56.2 Å². The predicted octanol–water partition coefficient (Wildman–Crippen LogP) is 4.24. The molecule has 0 atom stereocenters. The summed E-state index contributed by atoms with van der Waals surface area (Å²) in [4.78, 5) is 17.6. The van der Waals surface area contributed by atoms with Crippen molar-refractivity contribution in [1.82, 2.24) is 4.98 Å². The summed E-state index contributed by atoms with van der Waals surface area (Å²) in [6.07, 6.45) is 2.79. The topological polar surface area (TPSA) is 36.1 Å². The number of aryl methyl sites for hydroxylation is 3. The lowest BCUT2D eigenvalue weighted by molar-refractivity contribution is 0.580. The lowest BCUT2D eigenvalue weighted by Crippen LogP contribution is -2.24. The van der Waals surface area contributed by atoms with Crippen LogP contribution in [0.3, 0.4) is 0 Å². The molecule has 2 rings (SSSR count). The first-order valence-electron chi connectivity index (χ1n) is 8.76. The van der Waals surface area contributed by atoms with Crippen LogP contribution in [-0.4, -0.2) is 19.1 Å². The summed E-state index contributed by atoms with van der Waals surface area (Å²) < 4.78 is 0. The number of hydrogen-bond acceptors (Lipinski definition) is 2. The van der Waals surface area contributed by atoms with E-state index < -0.39 is 0 Å². The fourth-order valence-corrected chi connectivity index (χ4v) is 3.26. The maximum Gasteiger partial charge on any atom is 0.271 e. The second-order valence-electron chi connectivity index (χ2n) is 7.50. The number of nitrogens with zero attached hydrogens (tertiary/aromatic N) is 1. The van der Waals surface area contributed by atoms with Crippen LogP contribution in [0.25, 0.3) is 0 Å². The van der Waals surface area contributed by atoms with E-state index in [1.54, 1.807) is 0 Å². The van der Waals surface area contributed by atoms with Gasteiger partial charge in [-0.25, -0.2) is 0 Å². The van der Waals surface area contributed by atoms with Crippen molar-refractivity contribution in [1.29, 1.82) is 0 Å². The first-order valence-corrected chi connectivity index (χ1v) is 8.76. The third-order valence-corrected chi connectivity index (χ3v) is 4.26. The van der Waals surface area contributed by atoms with E-state index in [9.17, 15) is 4.79 Å². The molecule has 0 saturated carbocycles. The summed E-state index contributed by atoms with van der Waals surface area (Å²) in [5, 5.41) is 0. The van der Waals surface area contributed by atoms with Crippen LogP contribution in [0.15, 0.2) is 29.1 Å². The summed E-state index contributed by atoms with van der Waals surface area (Å²) in [5.41, 5.74) is 6.72. The molecule has 0 spiro atoms. The van der Waals surface area contributed by atoms with E-state index in [-0.39, 0.29) is 5.56 Å². The second-order valence-corrected chi connectivity index (χ2v) is 7.50. The second kappa shape index (κ2) is 7.69. The number of anilines is 1. The smallest absolute Gasteiger partial charge is 0.271 e. The molecule has 0 fully saturated rings. The minimum atomic E-state index is 0.0145. The fraction of sp³-hybridized carbons (Fsp3) is 0.476. The summed E-state index contributed by atoms with van der Waals surface area (Å²) in [7, 11) is 3.87. The lowest BCUT2D eigenvalue weighted by atomic mass is 9.98. The summed E-state index contributed by atoms with van der Waals surface area (Å²) in [6, 6.07) is 8.78. The zero-order chi connectivity index (χ0) is 17.9. The number of aromatic nitrogens is 1. The number of pyridine rings is 1.